The topological polar surface area (TPSA) is 46.2 Å². The summed E-state index contributed by atoms with van der Waals surface area (Å²) in [5.74, 6) is 0.706. The van der Waals surface area contributed by atoms with Gasteiger partial charge in [-0.2, -0.15) is 0 Å². The first-order chi connectivity index (χ1) is 7.26. The third kappa shape index (κ3) is 2.92. The molecule has 88 valence electrons. The molecule has 0 spiro atoms. The maximum absolute atomic E-state index is 5.58. The largest absolute Gasteiger partial charge is 0.498 e. The Morgan fingerprint density at radius 3 is 2.40 bits per heavy atom. The average Bonchev–Trinajstić information content (AvgIpc) is 2.28. The van der Waals surface area contributed by atoms with E-state index in [0.29, 0.717) is 12.4 Å². The summed E-state index contributed by atoms with van der Waals surface area (Å²) in [4.78, 5) is 0. The Morgan fingerprint density at radius 2 is 1.93 bits per heavy atom. The van der Waals surface area contributed by atoms with Crippen molar-refractivity contribution in [3.8, 4) is 0 Å². The number of ether oxygens (including phenoxy) is 5. The van der Waals surface area contributed by atoms with Gasteiger partial charge >= 0.3 is 0 Å². The minimum atomic E-state index is -0.463. The first-order valence-electron chi connectivity index (χ1n) is 4.72. The number of hydrogen-bond donors (Lipinski definition) is 0. The van der Waals surface area contributed by atoms with E-state index in [1.807, 2.05) is 6.08 Å². The summed E-state index contributed by atoms with van der Waals surface area (Å²) in [5.41, 5.74) is 0. The SMILES string of the molecule is COCC1C=C(OC)C(OC)C(OC)O1. The summed E-state index contributed by atoms with van der Waals surface area (Å²) in [6.07, 6.45) is 0.886. The smallest absolute Gasteiger partial charge is 0.191 e. The van der Waals surface area contributed by atoms with Gasteiger partial charge in [0.05, 0.1) is 13.7 Å². The molecule has 3 atom stereocenters. The molecule has 0 N–H and O–H groups in total. The Kier molecular flexibility index (Phi) is 5.04. The Hall–Kier alpha value is -0.620. The van der Waals surface area contributed by atoms with E-state index in [1.54, 1.807) is 28.4 Å². The minimum absolute atomic E-state index is 0.165. The molecular formula is C10H18O5. The third-order valence-corrected chi connectivity index (χ3v) is 2.24. The maximum atomic E-state index is 5.58. The zero-order valence-corrected chi connectivity index (χ0v) is 9.56. The van der Waals surface area contributed by atoms with E-state index < -0.39 is 6.29 Å². The lowest BCUT2D eigenvalue weighted by atomic mass is 10.1. The van der Waals surface area contributed by atoms with Crippen LogP contribution in [0.25, 0.3) is 0 Å². The van der Waals surface area contributed by atoms with Gasteiger partial charge in [0.2, 0.25) is 0 Å². The fourth-order valence-corrected chi connectivity index (χ4v) is 1.54. The van der Waals surface area contributed by atoms with Crippen LogP contribution in [0.2, 0.25) is 0 Å². The second kappa shape index (κ2) is 6.07. The molecule has 1 aliphatic heterocycles. The monoisotopic (exact) mass is 218 g/mol. The maximum Gasteiger partial charge on any atom is 0.191 e. The molecule has 5 heteroatoms. The van der Waals surface area contributed by atoms with E-state index in [4.69, 9.17) is 23.7 Å². The van der Waals surface area contributed by atoms with Crippen LogP contribution in [0.4, 0.5) is 0 Å². The van der Waals surface area contributed by atoms with Gasteiger partial charge in [-0.1, -0.05) is 0 Å². The van der Waals surface area contributed by atoms with Crippen LogP contribution in [-0.4, -0.2) is 53.5 Å². The minimum Gasteiger partial charge on any atom is -0.498 e. The lowest BCUT2D eigenvalue weighted by Gasteiger charge is -2.33. The van der Waals surface area contributed by atoms with E-state index in [9.17, 15) is 0 Å². The fraction of sp³-hybridized carbons (Fsp3) is 0.800. The van der Waals surface area contributed by atoms with Gasteiger partial charge in [-0.3, -0.25) is 0 Å². The molecule has 0 saturated heterocycles. The van der Waals surface area contributed by atoms with Crippen molar-refractivity contribution >= 4 is 0 Å². The van der Waals surface area contributed by atoms with E-state index in [-0.39, 0.29) is 12.2 Å². The molecule has 0 saturated carbocycles. The van der Waals surface area contributed by atoms with Crippen molar-refractivity contribution in [2.75, 3.05) is 35.0 Å². The molecule has 1 rings (SSSR count). The summed E-state index contributed by atoms with van der Waals surface area (Å²) in [6.45, 7) is 0.461. The molecule has 0 fully saturated rings. The normalized spacial score (nSPS) is 31.2. The van der Waals surface area contributed by atoms with Gasteiger partial charge in [0.15, 0.2) is 12.4 Å². The highest BCUT2D eigenvalue weighted by Crippen LogP contribution is 2.23. The van der Waals surface area contributed by atoms with Crippen LogP contribution in [0.1, 0.15) is 0 Å². The van der Waals surface area contributed by atoms with Gasteiger partial charge in [0.25, 0.3) is 0 Å². The molecule has 15 heavy (non-hydrogen) atoms. The van der Waals surface area contributed by atoms with Gasteiger partial charge < -0.3 is 23.7 Å². The van der Waals surface area contributed by atoms with Gasteiger partial charge in [0.1, 0.15) is 11.9 Å². The molecule has 0 aromatic carbocycles. The zero-order valence-electron chi connectivity index (χ0n) is 9.56. The van der Waals surface area contributed by atoms with Crippen molar-refractivity contribution < 1.29 is 23.7 Å². The lowest BCUT2D eigenvalue weighted by molar-refractivity contribution is -0.215. The molecule has 5 nitrogen and oxygen atoms in total. The molecule has 1 aliphatic rings. The molecule has 0 amide bonds. The van der Waals surface area contributed by atoms with Gasteiger partial charge in [-0.25, -0.2) is 0 Å². The summed E-state index contributed by atoms with van der Waals surface area (Å²) in [7, 11) is 6.37. The lowest BCUT2D eigenvalue weighted by Crippen LogP contribution is -2.42. The zero-order chi connectivity index (χ0) is 11.3. The quantitative estimate of drug-likeness (QED) is 0.674. The molecule has 0 aromatic heterocycles. The highest BCUT2D eigenvalue weighted by Gasteiger charge is 2.34. The molecule has 0 aliphatic carbocycles. The standard InChI is InChI=1S/C10H18O5/c1-11-6-7-5-8(12-2)9(13-3)10(14-4)15-7/h5,7,9-10H,6H2,1-4H3. The highest BCUT2D eigenvalue weighted by molar-refractivity contribution is 5.09. The molecule has 3 unspecified atom stereocenters. The average molecular weight is 218 g/mol. The summed E-state index contributed by atoms with van der Waals surface area (Å²) in [5, 5.41) is 0. The van der Waals surface area contributed by atoms with Crippen LogP contribution in [0.5, 0.6) is 0 Å². The number of rotatable bonds is 5. The van der Waals surface area contributed by atoms with Crippen molar-refractivity contribution in [3.05, 3.63) is 11.8 Å². The number of hydrogen-bond acceptors (Lipinski definition) is 5. The van der Waals surface area contributed by atoms with Crippen molar-refractivity contribution in [1.29, 1.82) is 0 Å². The van der Waals surface area contributed by atoms with Crippen LogP contribution in [0, 0.1) is 0 Å². The second-order valence-corrected chi connectivity index (χ2v) is 3.16. The Bertz CT molecular complexity index is 216. The van der Waals surface area contributed by atoms with Crippen molar-refractivity contribution in [3.63, 3.8) is 0 Å². The van der Waals surface area contributed by atoms with Crippen molar-refractivity contribution in [2.45, 2.75) is 18.5 Å². The molecule has 0 radical (unpaired) electrons. The summed E-state index contributed by atoms with van der Waals surface area (Å²) in [6, 6.07) is 0. The fourth-order valence-electron chi connectivity index (χ4n) is 1.54. The first-order valence-corrected chi connectivity index (χ1v) is 4.72. The Balaban J connectivity index is 2.76. The van der Waals surface area contributed by atoms with E-state index >= 15 is 0 Å². The van der Waals surface area contributed by atoms with Gasteiger partial charge in [0, 0.05) is 21.3 Å². The van der Waals surface area contributed by atoms with Crippen LogP contribution < -0.4 is 0 Å². The molecule has 0 aromatic rings. The van der Waals surface area contributed by atoms with Crippen molar-refractivity contribution in [2.24, 2.45) is 0 Å². The van der Waals surface area contributed by atoms with Crippen molar-refractivity contribution in [1.82, 2.24) is 0 Å². The first kappa shape index (κ1) is 12.4. The van der Waals surface area contributed by atoms with E-state index in [1.165, 1.54) is 0 Å². The van der Waals surface area contributed by atoms with Crippen LogP contribution in [0.3, 0.4) is 0 Å². The molecule has 0 bridgehead atoms. The van der Waals surface area contributed by atoms with Gasteiger partial charge in [-0.15, -0.1) is 0 Å². The van der Waals surface area contributed by atoms with E-state index in [0.717, 1.165) is 0 Å². The molecule has 1 heterocycles. The predicted molar refractivity (Wildman–Crippen MR) is 53.4 cm³/mol. The summed E-state index contributed by atoms with van der Waals surface area (Å²) < 4.78 is 26.2. The Labute approximate surface area is 89.9 Å². The van der Waals surface area contributed by atoms with Gasteiger partial charge in [-0.05, 0) is 6.08 Å². The molecular weight excluding hydrogens is 200 g/mol. The number of methoxy groups -OCH3 is 4. The Morgan fingerprint density at radius 1 is 1.20 bits per heavy atom. The highest BCUT2D eigenvalue weighted by atomic mass is 16.7. The van der Waals surface area contributed by atoms with E-state index in [2.05, 4.69) is 0 Å². The second-order valence-electron chi connectivity index (χ2n) is 3.16. The summed E-state index contributed by atoms with van der Waals surface area (Å²) >= 11 is 0. The van der Waals surface area contributed by atoms with Crippen LogP contribution in [0.15, 0.2) is 11.8 Å². The third-order valence-electron chi connectivity index (χ3n) is 2.24. The predicted octanol–water partition coefficient (Wildman–Crippen LogP) is 0.549. The van der Waals surface area contributed by atoms with Crippen LogP contribution in [-0.2, 0) is 23.7 Å². The van der Waals surface area contributed by atoms with Crippen LogP contribution >= 0.6 is 0 Å².